The molecule has 1 atom stereocenters. The lowest BCUT2D eigenvalue weighted by Gasteiger charge is -2.41. The van der Waals surface area contributed by atoms with Crippen LogP contribution in [0.5, 0.6) is 0 Å². The zero-order valence-corrected chi connectivity index (χ0v) is 12.5. The van der Waals surface area contributed by atoms with Gasteiger partial charge in [-0.2, -0.15) is 0 Å². The molecule has 0 saturated carbocycles. The molecule has 0 aromatic carbocycles. The quantitative estimate of drug-likeness (QED) is 0.867. The molecule has 2 saturated heterocycles. The van der Waals surface area contributed by atoms with Crippen LogP contribution in [-0.2, 0) is 4.74 Å². The summed E-state index contributed by atoms with van der Waals surface area (Å²) < 4.78 is 5.52. The molecular formula is C15H22ClN3O. The fourth-order valence-corrected chi connectivity index (χ4v) is 3.45. The lowest BCUT2D eigenvalue weighted by Crippen LogP contribution is -2.47. The molecule has 0 aliphatic carbocycles. The van der Waals surface area contributed by atoms with Crippen molar-refractivity contribution in [3.8, 4) is 0 Å². The van der Waals surface area contributed by atoms with Gasteiger partial charge in [0.05, 0.1) is 0 Å². The number of hydrogen-bond donors (Lipinski definition) is 1. The standard InChI is InChI=1S/C15H22ClN3O/c16-14-2-1-13(11-18-14)15(12-3-9-20-10-4-12)19-7-5-17-6-8-19/h1-2,11-12,15,17H,3-10H2/t15-/m1/s1. The maximum Gasteiger partial charge on any atom is 0.129 e. The highest BCUT2D eigenvalue weighted by Gasteiger charge is 2.31. The third kappa shape index (κ3) is 3.31. The Morgan fingerprint density at radius 3 is 2.65 bits per heavy atom. The Morgan fingerprint density at radius 2 is 2.00 bits per heavy atom. The van der Waals surface area contributed by atoms with Crippen LogP contribution in [-0.4, -0.2) is 49.3 Å². The number of nitrogens with one attached hydrogen (secondary N) is 1. The van der Waals surface area contributed by atoms with E-state index in [-0.39, 0.29) is 0 Å². The van der Waals surface area contributed by atoms with Crippen LogP contribution < -0.4 is 5.32 Å². The highest BCUT2D eigenvalue weighted by molar-refractivity contribution is 6.29. The second-order valence-corrected chi connectivity index (χ2v) is 5.98. The van der Waals surface area contributed by atoms with Crippen molar-refractivity contribution in [1.82, 2.24) is 15.2 Å². The van der Waals surface area contributed by atoms with Crippen molar-refractivity contribution in [3.05, 3.63) is 29.0 Å². The van der Waals surface area contributed by atoms with Crippen LogP contribution in [0.3, 0.4) is 0 Å². The molecule has 0 spiro atoms. The van der Waals surface area contributed by atoms with Crippen LogP contribution in [0.15, 0.2) is 18.3 Å². The number of hydrogen-bond acceptors (Lipinski definition) is 4. The Labute approximate surface area is 125 Å². The Hall–Kier alpha value is -0.680. The second kappa shape index (κ2) is 6.85. The third-order valence-corrected chi connectivity index (χ3v) is 4.57. The van der Waals surface area contributed by atoms with Gasteiger partial charge in [-0.3, -0.25) is 4.90 Å². The fourth-order valence-electron chi connectivity index (χ4n) is 3.34. The molecule has 2 aliphatic heterocycles. The average Bonchev–Trinajstić information content (AvgIpc) is 2.52. The molecule has 5 heteroatoms. The van der Waals surface area contributed by atoms with Crippen LogP contribution in [0.1, 0.15) is 24.4 Å². The average molecular weight is 296 g/mol. The molecular weight excluding hydrogens is 274 g/mol. The maximum absolute atomic E-state index is 5.93. The normalized spacial score (nSPS) is 23.6. The summed E-state index contributed by atoms with van der Waals surface area (Å²) in [6, 6.07) is 4.49. The first-order valence-electron chi connectivity index (χ1n) is 7.48. The van der Waals surface area contributed by atoms with Crippen molar-refractivity contribution in [2.75, 3.05) is 39.4 Å². The minimum Gasteiger partial charge on any atom is -0.381 e. The maximum atomic E-state index is 5.93. The zero-order valence-electron chi connectivity index (χ0n) is 11.7. The molecule has 0 amide bonds. The van der Waals surface area contributed by atoms with Gasteiger partial charge in [0.15, 0.2) is 0 Å². The monoisotopic (exact) mass is 295 g/mol. The molecule has 3 rings (SSSR count). The summed E-state index contributed by atoms with van der Waals surface area (Å²) >= 11 is 5.93. The van der Waals surface area contributed by atoms with E-state index in [0.29, 0.717) is 17.1 Å². The molecule has 2 aliphatic rings. The lowest BCUT2D eigenvalue weighted by atomic mass is 9.86. The van der Waals surface area contributed by atoms with E-state index >= 15 is 0 Å². The number of piperazine rings is 1. The lowest BCUT2D eigenvalue weighted by molar-refractivity contribution is 0.0212. The number of rotatable bonds is 3. The number of halogens is 1. The smallest absolute Gasteiger partial charge is 0.129 e. The summed E-state index contributed by atoms with van der Waals surface area (Å²) in [5.41, 5.74) is 1.29. The van der Waals surface area contributed by atoms with Crippen LogP contribution in [0.2, 0.25) is 5.15 Å². The molecule has 2 fully saturated rings. The first-order chi connectivity index (χ1) is 9.84. The Balaban J connectivity index is 1.83. The van der Waals surface area contributed by atoms with Crippen molar-refractivity contribution < 1.29 is 4.74 Å². The largest absolute Gasteiger partial charge is 0.381 e. The van der Waals surface area contributed by atoms with Gasteiger partial charge in [-0.15, -0.1) is 0 Å². The van der Waals surface area contributed by atoms with Crippen LogP contribution in [0.4, 0.5) is 0 Å². The first-order valence-corrected chi connectivity index (χ1v) is 7.86. The molecule has 110 valence electrons. The minimum absolute atomic E-state index is 0.450. The molecule has 20 heavy (non-hydrogen) atoms. The van der Waals surface area contributed by atoms with Crippen molar-refractivity contribution >= 4 is 11.6 Å². The number of nitrogens with zero attached hydrogens (tertiary/aromatic N) is 2. The van der Waals surface area contributed by atoms with E-state index in [4.69, 9.17) is 16.3 Å². The number of aromatic nitrogens is 1. The molecule has 1 N–H and O–H groups in total. The van der Waals surface area contributed by atoms with Gasteiger partial charge in [0.2, 0.25) is 0 Å². The van der Waals surface area contributed by atoms with Gasteiger partial charge in [0, 0.05) is 51.6 Å². The predicted octanol–water partition coefficient (Wildman–Crippen LogP) is 2.11. The van der Waals surface area contributed by atoms with Gasteiger partial charge in [-0.1, -0.05) is 17.7 Å². The topological polar surface area (TPSA) is 37.4 Å². The predicted molar refractivity (Wildman–Crippen MR) is 80.0 cm³/mol. The molecule has 0 radical (unpaired) electrons. The Bertz CT molecular complexity index is 396. The van der Waals surface area contributed by atoms with E-state index in [1.165, 1.54) is 5.56 Å². The molecule has 1 aromatic rings. The van der Waals surface area contributed by atoms with Crippen molar-refractivity contribution in [1.29, 1.82) is 0 Å². The summed E-state index contributed by atoms with van der Waals surface area (Å²) in [5, 5.41) is 4.00. The van der Waals surface area contributed by atoms with Gasteiger partial charge >= 0.3 is 0 Å². The number of ether oxygens (including phenoxy) is 1. The minimum atomic E-state index is 0.450. The molecule has 4 nitrogen and oxygen atoms in total. The van der Waals surface area contributed by atoms with E-state index in [9.17, 15) is 0 Å². The van der Waals surface area contributed by atoms with E-state index in [1.807, 2.05) is 12.3 Å². The fraction of sp³-hybridized carbons (Fsp3) is 0.667. The van der Waals surface area contributed by atoms with Crippen LogP contribution in [0, 0.1) is 5.92 Å². The zero-order chi connectivity index (χ0) is 13.8. The summed E-state index contributed by atoms with van der Waals surface area (Å²) in [6.45, 7) is 6.11. The SMILES string of the molecule is Clc1ccc([C@@H](C2CCOCC2)N2CCNCC2)cn1. The molecule has 1 aromatic heterocycles. The third-order valence-electron chi connectivity index (χ3n) is 4.35. The van der Waals surface area contributed by atoms with Crippen molar-refractivity contribution in [3.63, 3.8) is 0 Å². The summed E-state index contributed by atoms with van der Waals surface area (Å²) in [7, 11) is 0. The van der Waals surface area contributed by atoms with E-state index in [1.54, 1.807) is 0 Å². The highest BCUT2D eigenvalue weighted by atomic mass is 35.5. The van der Waals surface area contributed by atoms with Gasteiger partial charge in [0.25, 0.3) is 0 Å². The summed E-state index contributed by atoms with van der Waals surface area (Å²) in [6.07, 6.45) is 4.22. The van der Waals surface area contributed by atoms with E-state index < -0.39 is 0 Å². The highest BCUT2D eigenvalue weighted by Crippen LogP contribution is 2.35. The van der Waals surface area contributed by atoms with Gasteiger partial charge < -0.3 is 10.1 Å². The van der Waals surface area contributed by atoms with Gasteiger partial charge in [-0.25, -0.2) is 4.98 Å². The Morgan fingerprint density at radius 1 is 1.25 bits per heavy atom. The van der Waals surface area contributed by atoms with Gasteiger partial charge in [0.1, 0.15) is 5.15 Å². The van der Waals surface area contributed by atoms with Crippen molar-refractivity contribution in [2.45, 2.75) is 18.9 Å². The second-order valence-electron chi connectivity index (χ2n) is 5.59. The van der Waals surface area contributed by atoms with Crippen LogP contribution >= 0.6 is 11.6 Å². The molecule has 0 unspecified atom stereocenters. The Kier molecular flexibility index (Phi) is 4.89. The first kappa shape index (κ1) is 14.3. The van der Waals surface area contributed by atoms with Crippen LogP contribution in [0.25, 0.3) is 0 Å². The summed E-state index contributed by atoms with van der Waals surface area (Å²) in [4.78, 5) is 6.88. The van der Waals surface area contributed by atoms with E-state index in [0.717, 1.165) is 52.2 Å². The van der Waals surface area contributed by atoms with E-state index in [2.05, 4.69) is 21.3 Å². The molecule has 3 heterocycles. The number of pyridine rings is 1. The van der Waals surface area contributed by atoms with Gasteiger partial charge in [-0.05, 0) is 30.4 Å². The summed E-state index contributed by atoms with van der Waals surface area (Å²) in [5.74, 6) is 0.657. The van der Waals surface area contributed by atoms with Crippen molar-refractivity contribution in [2.24, 2.45) is 5.92 Å². The molecule has 0 bridgehead atoms.